The summed E-state index contributed by atoms with van der Waals surface area (Å²) < 4.78 is 1.67. The predicted octanol–water partition coefficient (Wildman–Crippen LogP) is 5.06. The molecule has 0 aliphatic heterocycles. The number of thiophene rings is 1. The molecular formula is C23H27N3O2S2. The zero-order valence-electron chi connectivity index (χ0n) is 17.8. The lowest BCUT2D eigenvalue weighted by Gasteiger charge is -2.30. The minimum absolute atomic E-state index is 0.0334. The number of hydrogen-bond donors (Lipinski definition) is 0. The second-order valence-corrected chi connectivity index (χ2v) is 10.1. The van der Waals surface area contributed by atoms with Gasteiger partial charge in [-0.15, -0.1) is 11.3 Å². The van der Waals surface area contributed by atoms with Crippen LogP contribution in [0.2, 0.25) is 0 Å². The van der Waals surface area contributed by atoms with Gasteiger partial charge >= 0.3 is 0 Å². The summed E-state index contributed by atoms with van der Waals surface area (Å²) >= 11 is 2.87. The lowest BCUT2D eigenvalue weighted by Crippen LogP contribution is -2.43. The van der Waals surface area contributed by atoms with E-state index in [0.717, 1.165) is 34.3 Å². The quantitative estimate of drug-likeness (QED) is 0.380. The average molecular weight is 442 g/mol. The van der Waals surface area contributed by atoms with Crippen molar-refractivity contribution < 1.29 is 4.79 Å². The van der Waals surface area contributed by atoms with Gasteiger partial charge in [-0.1, -0.05) is 30.0 Å². The number of fused-ring (bicyclic) bond motifs is 1. The van der Waals surface area contributed by atoms with Crippen LogP contribution in [0.15, 0.2) is 45.7 Å². The van der Waals surface area contributed by atoms with E-state index >= 15 is 0 Å². The van der Waals surface area contributed by atoms with Crippen LogP contribution in [0.25, 0.3) is 15.9 Å². The SMILES string of the molecule is CC(C)N(C(=O)CSc1nc2scc(C3CC3)c2c(=O)n1-c1ccccc1)C(C)C. The lowest BCUT2D eigenvalue weighted by atomic mass is 10.1. The van der Waals surface area contributed by atoms with Gasteiger partial charge in [-0.2, -0.15) is 0 Å². The number of nitrogens with zero attached hydrogens (tertiary/aromatic N) is 3. The van der Waals surface area contributed by atoms with Gasteiger partial charge in [0.15, 0.2) is 5.16 Å². The Morgan fingerprint density at radius 3 is 2.47 bits per heavy atom. The molecule has 30 heavy (non-hydrogen) atoms. The zero-order chi connectivity index (χ0) is 21.4. The summed E-state index contributed by atoms with van der Waals surface area (Å²) in [5, 5.41) is 3.40. The monoisotopic (exact) mass is 441 g/mol. The van der Waals surface area contributed by atoms with E-state index in [2.05, 4.69) is 5.38 Å². The molecule has 3 aromatic rings. The Morgan fingerprint density at radius 1 is 1.20 bits per heavy atom. The van der Waals surface area contributed by atoms with Crippen molar-refractivity contribution in [2.24, 2.45) is 0 Å². The summed E-state index contributed by atoms with van der Waals surface area (Å²) in [5.41, 5.74) is 1.88. The molecule has 0 unspecified atom stereocenters. The molecule has 2 aromatic heterocycles. The molecule has 2 heterocycles. The first-order valence-corrected chi connectivity index (χ1v) is 12.3. The van der Waals surface area contributed by atoms with E-state index in [4.69, 9.17) is 4.98 Å². The fraction of sp³-hybridized carbons (Fsp3) is 0.435. The van der Waals surface area contributed by atoms with Gasteiger partial charge in [0.05, 0.1) is 16.8 Å². The molecule has 0 bridgehead atoms. The molecule has 7 heteroatoms. The normalized spacial score (nSPS) is 14.1. The molecule has 158 valence electrons. The first kappa shape index (κ1) is 21.1. The third kappa shape index (κ3) is 4.05. The number of rotatable bonds is 7. The molecule has 1 amide bonds. The summed E-state index contributed by atoms with van der Waals surface area (Å²) in [6, 6.07) is 9.85. The Hall–Kier alpha value is -2.12. The van der Waals surface area contributed by atoms with E-state index in [1.54, 1.807) is 4.57 Å². The smallest absolute Gasteiger partial charge is 0.267 e. The largest absolute Gasteiger partial charge is 0.337 e. The van der Waals surface area contributed by atoms with Crippen LogP contribution in [-0.2, 0) is 4.79 Å². The Bertz CT molecular complexity index is 1110. The number of aromatic nitrogens is 2. The molecular weight excluding hydrogens is 414 g/mol. The molecule has 1 fully saturated rings. The maximum absolute atomic E-state index is 13.6. The maximum Gasteiger partial charge on any atom is 0.267 e. The highest BCUT2D eigenvalue weighted by Gasteiger charge is 2.29. The number of carbonyl (C=O) groups excluding carboxylic acids is 1. The molecule has 0 saturated heterocycles. The second kappa shape index (κ2) is 8.55. The highest BCUT2D eigenvalue weighted by atomic mass is 32.2. The number of para-hydroxylation sites is 1. The van der Waals surface area contributed by atoms with Crippen molar-refractivity contribution in [3.05, 3.63) is 51.6 Å². The molecule has 0 spiro atoms. The second-order valence-electron chi connectivity index (χ2n) is 8.29. The van der Waals surface area contributed by atoms with Crippen molar-refractivity contribution in [2.75, 3.05) is 5.75 Å². The van der Waals surface area contributed by atoms with Gasteiger partial charge in [0, 0.05) is 12.1 Å². The van der Waals surface area contributed by atoms with Crippen molar-refractivity contribution in [2.45, 2.75) is 63.7 Å². The van der Waals surface area contributed by atoms with E-state index in [1.165, 1.54) is 23.1 Å². The topological polar surface area (TPSA) is 55.2 Å². The third-order valence-corrected chi connectivity index (χ3v) is 7.18. The van der Waals surface area contributed by atoms with Gasteiger partial charge in [-0.3, -0.25) is 14.2 Å². The lowest BCUT2D eigenvalue weighted by molar-refractivity contribution is -0.131. The molecule has 1 aromatic carbocycles. The number of benzene rings is 1. The van der Waals surface area contributed by atoms with Crippen LogP contribution in [0.4, 0.5) is 0 Å². The highest BCUT2D eigenvalue weighted by molar-refractivity contribution is 7.99. The van der Waals surface area contributed by atoms with Crippen LogP contribution < -0.4 is 5.56 Å². The number of hydrogen-bond acceptors (Lipinski definition) is 5. The molecule has 0 N–H and O–H groups in total. The van der Waals surface area contributed by atoms with Crippen molar-refractivity contribution in [3.63, 3.8) is 0 Å². The fourth-order valence-corrected chi connectivity index (χ4v) is 5.91. The fourth-order valence-electron chi connectivity index (χ4n) is 3.96. The summed E-state index contributed by atoms with van der Waals surface area (Å²) in [6.45, 7) is 8.10. The predicted molar refractivity (Wildman–Crippen MR) is 125 cm³/mol. The van der Waals surface area contributed by atoms with Gasteiger partial charge < -0.3 is 4.90 Å². The summed E-state index contributed by atoms with van der Waals surface area (Å²) in [6.07, 6.45) is 2.28. The van der Waals surface area contributed by atoms with Crippen LogP contribution in [0.5, 0.6) is 0 Å². The van der Waals surface area contributed by atoms with Gasteiger partial charge in [0.25, 0.3) is 5.56 Å². The highest BCUT2D eigenvalue weighted by Crippen LogP contribution is 2.44. The summed E-state index contributed by atoms with van der Waals surface area (Å²) in [7, 11) is 0. The van der Waals surface area contributed by atoms with Crippen LogP contribution in [-0.4, -0.2) is 38.2 Å². The number of amides is 1. The van der Waals surface area contributed by atoms with Crippen LogP contribution in [0, 0.1) is 0 Å². The molecule has 1 aliphatic rings. The van der Waals surface area contributed by atoms with Crippen LogP contribution >= 0.6 is 23.1 Å². The molecule has 0 radical (unpaired) electrons. The first-order chi connectivity index (χ1) is 14.4. The van der Waals surface area contributed by atoms with Crippen LogP contribution in [0.1, 0.15) is 52.0 Å². The standard InChI is InChI=1S/C23H27N3O2S2/c1-14(2)25(15(3)4)19(27)13-30-23-24-21-20(18(12-29-21)16-10-11-16)22(28)26(23)17-8-6-5-7-9-17/h5-9,12,14-16H,10-11,13H2,1-4H3. The van der Waals surface area contributed by atoms with E-state index in [0.29, 0.717) is 11.1 Å². The molecule has 1 aliphatic carbocycles. The third-order valence-electron chi connectivity index (χ3n) is 5.36. The van der Waals surface area contributed by atoms with E-state index in [1.807, 2.05) is 62.9 Å². The Morgan fingerprint density at radius 2 is 1.87 bits per heavy atom. The van der Waals surface area contributed by atoms with Gasteiger partial charge in [0.1, 0.15) is 4.83 Å². The molecule has 0 atom stereocenters. The Labute approximate surface area is 185 Å². The summed E-state index contributed by atoms with van der Waals surface area (Å²) in [5.74, 6) is 0.800. The van der Waals surface area contributed by atoms with Crippen LogP contribution in [0.3, 0.4) is 0 Å². The minimum Gasteiger partial charge on any atom is -0.337 e. The van der Waals surface area contributed by atoms with Gasteiger partial charge in [-0.05, 0) is 69.5 Å². The Kier molecular flexibility index (Phi) is 6.02. The van der Waals surface area contributed by atoms with Crippen molar-refractivity contribution >= 4 is 39.2 Å². The van der Waals surface area contributed by atoms with Crippen molar-refractivity contribution in [1.29, 1.82) is 0 Å². The average Bonchev–Trinajstić information content (AvgIpc) is 3.45. The minimum atomic E-state index is -0.0334. The van der Waals surface area contributed by atoms with Gasteiger partial charge in [-0.25, -0.2) is 4.98 Å². The molecule has 1 saturated carbocycles. The van der Waals surface area contributed by atoms with Gasteiger partial charge in [0.2, 0.25) is 5.91 Å². The molecule has 5 nitrogen and oxygen atoms in total. The zero-order valence-corrected chi connectivity index (χ0v) is 19.4. The summed E-state index contributed by atoms with van der Waals surface area (Å²) in [4.78, 5) is 34.0. The Balaban J connectivity index is 1.75. The number of carbonyl (C=O) groups is 1. The van der Waals surface area contributed by atoms with E-state index < -0.39 is 0 Å². The van der Waals surface area contributed by atoms with Crippen molar-refractivity contribution in [3.8, 4) is 5.69 Å². The van der Waals surface area contributed by atoms with Crippen molar-refractivity contribution in [1.82, 2.24) is 14.5 Å². The molecule has 4 rings (SSSR count). The van der Waals surface area contributed by atoms with E-state index in [9.17, 15) is 9.59 Å². The number of thioether (sulfide) groups is 1. The maximum atomic E-state index is 13.6. The van der Waals surface area contributed by atoms with E-state index in [-0.39, 0.29) is 29.3 Å². The first-order valence-electron chi connectivity index (χ1n) is 10.4.